The normalized spacial score (nSPS) is 10.6. The Morgan fingerprint density at radius 2 is 2.07 bits per heavy atom. The zero-order valence-corrected chi connectivity index (χ0v) is 10.0. The number of hydrogen-bond donors (Lipinski definition) is 0. The molecule has 78 valence electrons. The average molecular weight is 268 g/mol. The van der Waals surface area contributed by atoms with E-state index >= 15 is 0 Å². The van der Waals surface area contributed by atoms with Crippen molar-refractivity contribution in [3.8, 4) is 0 Å². The number of nitrogens with zero attached hydrogens (tertiary/aromatic N) is 1. The van der Waals surface area contributed by atoms with Crippen LogP contribution in [0.5, 0.6) is 0 Å². The van der Waals surface area contributed by atoms with Crippen molar-refractivity contribution in [3.05, 3.63) is 34.5 Å². The number of rotatable bonds is 1. The molecule has 0 fully saturated rings. The third-order valence-corrected chi connectivity index (χ3v) is 2.59. The molecule has 2 rings (SSSR count). The second kappa shape index (κ2) is 3.70. The van der Waals surface area contributed by atoms with Crippen LogP contribution in [0, 0.1) is 0 Å². The lowest BCUT2D eigenvalue weighted by Crippen LogP contribution is -2.20. The lowest BCUT2D eigenvalue weighted by molar-refractivity contribution is 0.0799. The van der Waals surface area contributed by atoms with Crippen molar-refractivity contribution in [2.75, 3.05) is 14.1 Å². The number of amides is 1. The van der Waals surface area contributed by atoms with Crippen LogP contribution in [-0.2, 0) is 0 Å². The van der Waals surface area contributed by atoms with Gasteiger partial charge in [0.1, 0.15) is 5.58 Å². The first-order chi connectivity index (χ1) is 7.08. The molecular weight excluding hydrogens is 258 g/mol. The third-order valence-electron chi connectivity index (χ3n) is 2.10. The van der Waals surface area contributed by atoms with E-state index in [1.807, 2.05) is 18.2 Å². The number of halogens is 1. The summed E-state index contributed by atoms with van der Waals surface area (Å²) < 4.78 is 6.39. The number of hydrogen-bond acceptors (Lipinski definition) is 2. The van der Waals surface area contributed by atoms with Crippen LogP contribution in [0.1, 0.15) is 10.6 Å². The van der Waals surface area contributed by atoms with Crippen molar-refractivity contribution in [1.29, 1.82) is 0 Å². The topological polar surface area (TPSA) is 33.5 Å². The average Bonchev–Trinajstić information content (AvgIpc) is 2.58. The summed E-state index contributed by atoms with van der Waals surface area (Å²) in [6, 6.07) is 7.43. The molecule has 0 aliphatic heterocycles. The highest BCUT2D eigenvalue weighted by atomic mass is 79.9. The van der Waals surface area contributed by atoms with Gasteiger partial charge < -0.3 is 9.32 Å². The summed E-state index contributed by atoms with van der Waals surface area (Å²) >= 11 is 3.35. The maximum Gasteiger partial charge on any atom is 0.289 e. The van der Waals surface area contributed by atoms with Crippen LogP contribution in [-0.4, -0.2) is 24.9 Å². The Balaban J connectivity index is 2.52. The fourth-order valence-electron chi connectivity index (χ4n) is 1.33. The van der Waals surface area contributed by atoms with Crippen LogP contribution >= 0.6 is 15.9 Å². The molecule has 0 unspecified atom stereocenters. The molecule has 1 aromatic heterocycles. The van der Waals surface area contributed by atoms with Crippen LogP contribution in [0.2, 0.25) is 0 Å². The molecule has 1 heterocycles. The summed E-state index contributed by atoms with van der Waals surface area (Å²) in [7, 11) is 3.40. The quantitative estimate of drug-likeness (QED) is 0.796. The van der Waals surface area contributed by atoms with Crippen molar-refractivity contribution >= 4 is 32.8 Å². The number of fused-ring (bicyclic) bond motifs is 1. The lowest BCUT2D eigenvalue weighted by Gasteiger charge is -2.06. The smallest absolute Gasteiger partial charge is 0.289 e. The first-order valence-electron chi connectivity index (χ1n) is 4.48. The molecule has 0 atom stereocenters. The van der Waals surface area contributed by atoms with Crippen molar-refractivity contribution < 1.29 is 9.21 Å². The number of benzene rings is 1. The summed E-state index contributed by atoms with van der Waals surface area (Å²) in [6.45, 7) is 0. The Kier molecular flexibility index (Phi) is 2.52. The summed E-state index contributed by atoms with van der Waals surface area (Å²) in [4.78, 5) is 13.1. The van der Waals surface area contributed by atoms with Gasteiger partial charge in [-0.3, -0.25) is 4.79 Å². The van der Waals surface area contributed by atoms with Crippen molar-refractivity contribution in [2.45, 2.75) is 0 Å². The molecule has 4 heteroatoms. The number of carbonyl (C=O) groups excluding carboxylic acids is 1. The minimum Gasteiger partial charge on any atom is -0.451 e. The Hall–Kier alpha value is -1.29. The standard InChI is InChI=1S/C11H10BrNO2/c1-13(2)11(14)10-5-7-3-4-8(12)6-9(7)15-10/h3-6H,1-2H3. The zero-order valence-electron chi connectivity index (χ0n) is 8.45. The molecule has 3 nitrogen and oxygen atoms in total. The highest BCUT2D eigenvalue weighted by Crippen LogP contribution is 2.23. The van der Waals surface area contributed by atoms with E-state index in [-0.39, 0.29) is 5.91 Å². The summed E-state index contributed by atoms with van der Waals surface area (Å²) in [5.74, 6) is 0.246. The SMILES string of the molecule is CN(C)C(=O)c1cc2ccc(Br)cc2o1. The summed E-state index contributed by atoms with van der Waals surface area (Å²) in [6.07, 6.45) is 0. The summed E-state index contributed by atoms with van der Waals surface area (Å²) in [5.41, 5.74) is 0.717. The molecule has 0 aliphatic carbocycles. The largest absolute Gasteiger partial charge is 0.451 e. The molecule has 0 saturated heterocycles. The lowest BCUT2D eigenvalue weighted by atomic mass is 10.2. The van der Waals surface area contributed by atoms with Crippen LogP contribution in [0.4, 0.5) is 0 Å². The van der Waals surface area contributed by atoms with E-state index in [1.54, 1.807) is 20.2 Å². The number of carbonyl (C=O) groups is 1. The van der Waals surface area contributed by atoms with Crippen molar-refractivity contribution in [3.63, 3.8) is 0 Å². The van der Waals surface area contributed by atoms with E-state index < -0.39 is 0 Å². The minimum absolute atomic E-state index is 0.123. The van der Waals surface area contributed by atoms with Crippen LogP contribution in [0.3, 0.4) is 0 Å². The molecule has 0 N–H and O–H groups in total. The predicted octanol–water partition coefficient (Wildman–Crippen LogP) is 2.90. The monoisotopic (exact) mass is 267 g/mol. The first kappa shape index (κ1) is 10.2. The van der Waals surface area contributed by atoms with E-state index in [2.05, 4.69) is 15.9 Å². The van der Waals surface area contributed by atoms with Crippen LogP contribution < -0.4 is 0 Å². The van der Waals surface area contributed by atoms with Crippen molar-refractivity contribution in [2.24, 2.45) is 0 Å². The van der Waals surface area contributed by atoms with Gasteiger partial charge in [0.15, 0.2) is 5.76 Å². The summed E-state index contributed by atoms with van der Waals surface area (Å²) in [5, 5.41) is 0.934. The van der Waals surface area contributed by atoms with Gasteiger partial charge in [0.25, 0.3) is 5.91 Å². The number of furan rings is 1. The molecule has 0 bridgehead atoms. The van der Waals surface area contributed by atoms with Crippen LogP contribution in [0.15, 0.2) is 33.2 Å². The maximum atomic E-state index is 11.6. The molecule has 0 spiro atoms. The molecule has 15 heavy (non-hydrogen) atoms. The Morgan fingerprint density at radius 1 is 1.33 bits per heavy atom. The van der Waals surface area contributed by atoms with Gasteiger partial charge in [0.2, 0.25) is 0 Å². The second-order valence-corrected chi connectivity index (χ2v) is 4.41. The van der Waals surface area contributed by atoms with Gasteiger partial charge in [0.05, 0.1) is 0 Å². The van der Waals surface area contributed by atoms with Gasteiger partial charge in [-0.2, -0.15) is 0 Å². The van der Waals surface area contributed by atoms with E-state index in [4.69, 9.17) is 4.42 Å². The van der Waals surface area contributed by atoms with E-state index in [1.165, 1.54) is 4.90 Å². The Bertz CT molecular complexity index is 516. The fraction of sp³-hybridized carbons (Fsp3) is 0.182. The molecule has 0 radical (unpaired) electrons. The first-order valence-corrected chi connectivity index (χ1v) is 5.28. The van der Waals surface area contributed by atoms with E-state index in [9.17, 15) is 4.79 Å². The van der Waals surface area contributed by atoms with Gasteiger partial charge >= 0.3 is 0 Å². The molecule has 0 aliphatic rings. The third kappa shape index (κ3) is 1.90. The van der Waals surface area contributed by atoms with Crippen LogP contribution in [0.25, 0.3) is 11.0 Å². The molecule has 2 aromatic rings. The minimum atomic E-state index is -0.123. The van der Waals surface area contributed by atoms with Gasteiger partial charge in [0, 0.05) is 24.0 Å². The van der Waals surface area contributed by atoms with Gasteiger partial charge in [-0.15, -0.1) is 0 Å². The molecular formula is C11H10BrNO2. The van der Waals surface area contributed by atoms with E-state index in [0.717, 1.165) is 15.4 Å². The van der Waals surface area contributed by atoms with Gasteiger partial charge in [-0.25, -0.2) is 0 Å². The molecule has 0 saturated carbocycles. The van der Waals surface area contributed by atoms with E-state index in [0.29, 0.717) is 5.76 Å². The Morgan fingerprint density at radius 3 is 2.73 bits per heavy atom. The maximum absolute atomic E-state index is 11.6. The fourth-order valence-corrected chi connectivity index (χ4v) is 1.67. The zero-order chi connectivity index (χ0) is 11.0. The Labute approximate surface area is 95.8 Å². The second-order valence-electron chi connectivity index (χ2n) is 3.49. The highest BCUT2D eigenvalue weighted by molar-refractivity contribution is 9.10. The molecule has 1 amide bonds. The van der Waals surface area contributed by atoms with Gasteiger partial charge in [-0.1, -0.05) is 15.9 Å². The predicted molar refractivity (Wildman–Crippen MR) is 61.9 cm³/mol. The van der Waals surface area contributed by atoms with Crippen molar-refractivity contribution in [1.82, 2.24) is 4.90 Å². The van der Waals surface area contributed by atoms with Gasteiger partial charge in [-0.05, 0) is 24.3 Å². The molecule has 1 aromatic carbocycles. The highest BCUT2D eigenvalue weighted by Gasteiger charge is 2.13.